The maximum Gasteiger partial charge on any atom is 0.255 e. The van der Waals surface area contributed by atoms with Crippen molar-refractivity contribution in [2.45, 2.75) is 24.5 Å². The van der Waals surface area contributed by atoms with E-state index in [0.717, 1.165) is 0 Å². The lowest BCUT2D eigenvalue weighted by molar-refractivity contribution is -0.148. The third-order valence-electron chi connectivity index (χ3n) is 8.37. The third-order valence-corrected chi connectivity index (χ3v) is 8.37. The Morgan fingerprint density at radius 1 is 1.05 bits per heavy atom. The van der Waals surface area contributed by atoms with Crippen LogP contribution in [0.1, 0.15) is 33.5 Å². The van der Waals surface area contributed by atoms with Crippen molar-refractivity contribution in [3.8, 4) is 23.3 Å². The molecule has 5 rings (SSSR count). The van der Waals surface area contributed by atoms with E-state index in [-0.39, 0.29) is 35.3 Å². The number of anilines is 1. The van der Waals surface area contributed by atoms with E-state index in [1.54, 1.807) is 51.3 Å². The number of aromatic hydroxyl groups is 2. The molecule has 0 unspecified atom stereocenters. The average Bonchev–Trinajstić information content (AvgIpc) is 2.89. The molecule has 218 valence electrons. The molecule has 2 aromatic rings. The number of likely N-dealkylation sites (N-methyl/N-ethyl adjacent to an activating group) is 1. The number of aliphatic hydroxyl groups excluding tert-OH is 2. The van der Waals surface area contributed by atoms with Crippen LogP contribution in [0.15, 0.2) is 53.0 Å². The van der Waals surface area contributed by atoms with Gasteiger partial charge in [0, 0.05) is 36.8 Å². The molecule has 0 aliphatic heterocycles. The lowest BCUT2D eigenvalue weighted by Crippen LogP contribution is -2.63. The predicted molar refractivity (Wildman–Crippen MR) is 152 cm³/mol. The van der Waals surface area contributed by atoms with Crippen LogP contribution in [0.3, 0.4) is 0 Å². The first-order chi connectivity index (χ1) is 19.7. The van der Waals surface area contributed by atoms with Crippen LogP contribution in [0.5, 0.6) is 11.5 Å². The molecule has 0 bridgehead atoms. The standard InChI is InChI=1S/C31H31N3O8/c1-33(2)20-13-15(9-8-14-6-5-7-17(35)10-14)25(36)22-18(20)11-16-12-19-24(34(3)4)27(38)23(30(32)41)29(40)31(19,42)28(39)21(16)26(22)37/h5-7,10,13,16,19,24,35-36,38-39,42H,11-12H2,1-4H3,(H2,32,41)/t16-,19-,24+,31+/m0/s1. The van der Waals surface area contributed by atoms with Crippen LogP contribution in [0, 0.1) is 23.7 Å². The van der Waals surface area contributed by atoms with Crippen LogP contribution in [0.4, 0.5) is 5.69 Å². The number of hydrogen-bond donors (Lipinski definition) is 6. The fraction of sp³-hybridized carbons (Fsp3) is 0.323. The molecule has 0 aromatic heterocycles. The number of amides is 1. The number of aliphatic hydroxyl groups is 3. The van der Waals surface area contributed by atoms with Gasteiger partial charge in [-0.2, -0.15) is 0 Å². The van der Waals surface area contributed by atoms with Gasteiger partial charge in [0.2, 0.25) is 5.78 Å². The van der Waals surface area contributed by atoms with Gasteiger partial charge in [-0.15, -0.1) is 0 Å². The summed E-state index contributed by atoms with van der Waals surface area (Å²) >= 11 is 0. The highest BCUT2D eigenvalue weighted by molar-refractivity contribution is 6.25. The summed E-state index contributed by atoms with van der Waals surface area (Å²) in [5.74, 6) is -1.41. The Bertz CT molecular complexity index is 1690. The van der Waals surface area contributed by atoms with Gasteiger partial charge in [-0.25, -0.2) is 0 Å². The summed E-state index contributed by atoms with van der Waals surface area (Å²) in [6, 6.07) is 6.80. The topological polar surface area (TPSA) is 185 Å². The van der Waals surface area contributed by atoms with E-state index in [1.807, 2.05) is 0 Å². The van der Waals surface area contributed by atoms with E-state index >= 15 is 0 Å². The smallest absolute Gasteiger partial charge is 0.255 e. The van der Waals surface area contributed by atoms with Crippen molar-refractivity contribution >= 4 is 23.2 Å². The zero-order valence-corrected chi connectivity index (χ0v) is 23.5. The molecule has 4 atom stereocenters. The molecule has 0 radical (unpaired) electrons. The SMILES string of the molecule is CN(C)c1cc(C#Cc2cccc(O)c2)c(O)c2c1C[C@H]1C[C@H]3[C@@H](N(C)C)C(O)=C(C(N)=O)C(=O)[C@]3(O)C(O)=C1C2=O. The van der Waals surface area contributed by atoms with E-state index in [9.17, 15) is 39.9 Å². The Kier molecular flexibility index (Phi) is 6.80. The number of allylic oxidation sites excluding steroid dienone is 1. The molecule has 42 heavy (non-hydrogen) atoms. The zero-order valence-electron chi connectivity index (χ0n) is 23.5. The molecule has 7 N–H and O–H groups in total. The summed E-state index contributed by atoms with van der Waals surface area (Å²) < 4.78 is 0. The third kappa shape index (κ3) is 4.10. The molecule has 0 spiro atoms. The molecule has 0 heterocycles. The number of rotatable bonds is 3. The van der Waals surface area contributed by atoms with Crippen molar-refractivity contribution in [3.63, 3.8) is 0 Å². The van der Waals surface area contributed by atoms with E-state index in [2.05, 4.69) is 11.8 Å². The van der Waals surface area contributed by atoms with Gasteiger partial charge < -0.3 is 36.2 Å². The second kappa shape index (κ2) is 9.94. The fourth-order valence-corrected chi connectivity index (χ4v) is 6.52. The number of carbonyl (C=O) groups excluding carboxylic acids is 3. The van der Waals surface area contributed by atoms with Gasteiger partial charge in [-0.05, 0) is 62.7 Å². The predicted octanol–water partition coefficient (Wildman–Crippen LogP) is 1.29. The summed E-state index contributed by atoms with van der Waals surface area (Å²) in [6.07, 6.45) is 0.161. The number of benzene rings is 2. The summed E-state index contributed by atoms with van der Waals surface area (Å²) in [7, 11) is 6.69. The van der Waals surface area contributed by atoms with E-state index in [4.69, 9.17) is 5.73 Å². The number of phenolic OH excluding ortho intramolecular Hbond substituents is 2. The molecular weight excluding hydrogens is 542 g/mol. The van der Waals surface area contributed by atoms with Crippen molar-refractivity contribution in [1.29, 1.82) is 0 Å². The Morgan fingerprint density at radius 3 is 2.33 bits per heavy atom. The van der Waals surface area contributed by atoms with Crippen molar-refractivity contribution in [2.75, 3.05) is 33.1 Å². The van der Waals surface area contributed by atoms with Crippen molar-refractivity contribution in [1.82, 2.24) is 4.90 Å². The van der Waals surface area contributed by atoms with Crippen LogP contribution in [-0.4, -0.2) is 87.7 Å². The van der Waals surface area contributed by atoms with Crippen molar-refractivity contribution < 1.29 is 39.9 Å². The number of Topliss-reactive ketones (excluding diaryl/α,β-unsaturated/α-hetero) is 2. The molecular formula is C31H31N3O8. The Balaban J connectivity index is 1.71. The van der Waals surface area contributed by atoms with E-state index in [1.165, 1.54) is 17.0 Å². The molecule has 3 aliphatic rings. The molecule has 11 heteroatoms. The van der Waals surface area contributed by atoms with Crippen LogP contribution in [0.2, 0.25) is 0 Å². The molecule has 0 saturated heterocycles. The number of carbonyl (C=O) groups is 3. The van der Waals surface area contributed by atoms with Crippen LogP contribution in [-0.2, 0) is 16.0 Å². The first-order valence-corrected chi connectivity index (χ1v) is 13.2. The zero-order chi connectivity index (χ0) is 30.8. The number of phenols is 2. The van der Waals surface area contributed by atoms with Gasteiger partial charge in [0.1, 0.15) is 28.6 Å². The molecule has 1 amide bonds. The number of primary amides is 1. The lowest BCUT2D eigenvalue weighted by Gasteiger charge is -2.50. The number of hydrogen-bond acceptors (Lipinski definition) is 10. The Hall–Kier alpha value is -4.79. The molecule has 0 fully saturated rings. The summed E-state index contributed by atoms with van der Waals surface area (Å²) in [5, 5.41) is 55.2. The summed E-state index contributed by atoms with van der Waals surface area (Å²) in [4.78, 5) is 43.0. The lowest BCUT2D eigenvalue weighted by atomic mass is 9.58. The van der Waals surface area contributed by atoms with Gasteiger partial charge in [-0.1, -0.05) is 17.9 Å². The highest BCUT2D eigenvalue weighted by atomic mass is 16.3. The van der Waals surface area contributed by atoms with Gasteiger partial charge in [0.25, 0.3) is 5.91 Å². The quantitative estimate of drug-likeness (QED) is 0.231. The van der Waals surface area contributed by atoms with Gasteiger partial charge in [-0.3, -0.25) is 19.3 Å². The van der Waals surface area contributed by atoms with E-state index < -0.39 is 63.8 Å². The maximum absolute atomic E-state index is 14.1. The molecule has 0 saturated carbocycles. The fourth-order valence-electron chi connectivity index (χ4n) is 6.52. The van der Waals surface area contributed by atoms with Gasteiger partial charge >= 0.3 is 0 Å². The number of nitrogens with two attached hydrogens (primary N) is 1. The highest BCUT2D eigenvalue weighted by Crippen LogP contribution is 2.53. The van der Waals surface area contributed by atoms with Crippen molar-refractivity contribution in [2.24, 2.45) is 17.6 Å². The minimum atomic E-state index is -2.71. The average molecular weight is 574 g/mol. The summed E-state index contributed by atoms with van der Waals surface area (Å²) in [5.41, 5.74) is 3.13. The monoisotopic (exact) mass is 573 g/mol. The number of ketones is 2. The number of fused-ring (bicyclic) bond motifs is 3. The maximum atomic E-state index is 14.1. The van der Waals surface area contributed by atoms with Gasteiger partial charge in [0.15, 0.2) is 11.4 Å². The molecule has 11 nitrogen and oxygen atoms in total. The second-order valence-electron chi connectivity index (χ2n) is 11.3. The highest BCUT2D eigenvalue weighted by Gasteiger charge is 2.63. The van der Waals surface area contributed by atoms with Crippen LogP contribution < -0.4 is 10.6 Å². The largest absolute Gasteiger partial charge is 0.510 e. The van der Waals surface area contributed by atoms with Crippen LogP contribution in [0.25, 0.3) is 0 Å². The minimum absolute atomic E-state index is 0.00154. The van der Waals surface area contributed by atoms with Gasteiger partial charge in [0.05, 0.1) is 17.2 Å². The van der Waals surface area contributed by atoms with Crippen molar-refractivity contribution in [3.05, 3.63) is 75.3 Å². The second-order valence-corrected chi connectivity index (χ2v) is 11.3. The molecule has 2 aromatic carbocycles. The normalized spacial score (nSPS) is 25.0. The Morgan fingerprint density at radius 2 is 1.74 bits per heavy atom. The minimum Gasteiger partial charge on any atom is -0.510 e. The van der Waals surface area contributed by atoms with E-state index in [0.29, 0.717) is 16.8 Å². The number of nitrogens with zero attached hydrogens (tertiary/aromatic N) is 2. The summed E-state index contributed by atoms with van der Waals surface area (Å²) in [6.45, 7) is 0. The first-order valence-electron chi connectivity index (χ1n) is 13.2. The first kappa shape index (κ1) is 28.7. The van der Waals surface area contributed by atoms with Crippen LogP contribution >= 0.6 is 0 Å². The molecule has 3 aliphatic carbocycles. The Labute approximate surface area is 241 Å².